The molecule has 2 nitrogen and oxygen atoms in total. The molecule has 1 fully saturated rings. The van der Waals surface area contributed by atoms with Crippen LogP contribution in [0, 0.1) is 0 Å². The van der Waals surface area contributed by atoms with Crippen molar-refractivity contribution in [3.8, 4) is 0 Å². The van der Waals surface area contributed by atoms with Gasteiger partial charge in [0, 0.05) is 13.5 Å². The van der Waals surface area contributed by atoms with Gasteiger partial charge in [0.1, 0.15) is 0 Å². The van der Waals surface area contributed by atoms with E-state index in [4.69, 9.17) is 9.47 Å². The van der Waals surface area contributed by atoms with Gasteiger partial charge >= 0.3 is 0 Å². The van der Waals surface area contributed by atoms with E-state index in [0.29, 0.717) is 0 Å². The van der Waals surface area contributed by atoms with Gasteiger partial charge in [-0.1, -0.05) is 6.92 Å². The summed E-state index contributed by atoms with van der Waals surface area (Å²) in [6.07, 6.45) is 3.29. The molecule has 0 amide bonds. The smallest absolute Gasteiger partial charge is 0.158 e. The van der Waals surface area contributed by atoms with Gasteiger partial charge in [-0.3, -0.25) is 0 Å². The van der Waals surface area contributed by atoms with Crippen LogP contribution in [0.2, 0.25) is 0 Å². The number of methoxy groups -OCH3 is 1. The highest BCUT2D eigenvalue weighted by atomic mass is 16.7. The molecular weight excluding hydrogens is 128 g/mol. The average Bonchev–Trinajstić information content (AvgIpc) is 2.33. The molecule has 0 spiro atoms. The van der Waals surface area contributed by atoms with E-state index in [1.165, 1.54) is 0 Å². The summed E-state index contributed by atoms with van der Waals surface area (Å²) < 4.78 is 10.7. The Labute approximate surface area is 62.5 Å². The maximum Gasteiger partial charge on any atom is 0.158 e. The maximum atomic E-state index is 5.62. The molecule has 0 radical (unpaired) electrons. The molecule has 2 unspecified atom stereocenters. The molecule has 60 valence electrons. The largest absolute Gasteiger partial charge is 0.356 e. The third-order valence-corrected chi connectivity index (χ3v) is 2.34. The van der Waals surface area contributed by atoms with E-state index in [9.17, 15) is 0 Å². The summed E-state index contributed by atoms with van der Waals surface area (Å²) in [6.45, 7) is 4.30. The van der Waals surface area contributed by atoms with Gasteiger partial charge < -0.3 is 9.47 Å². The molecule has 0 bridgehead atoms. The van der Waals surface area contributed by atoms with E-state index in [2.05, 4.69) is 13.8 Å². The summed E-state index contributed by atoms with van der Waals surface area (Å²) in [5.74, 6) is 0. The Bertz CT molecular complexity index is 114. The van der Waals surface area contributed by atoms with Crippen LogP contribution in [0.3, 0.4) is 0 Å². The third-order valence-electron chi connectivity index (χ3n) is 2.34. The Morgan fingerprint density at radius 2 is 2.40 bits per heavy atom. The first-order chi connectivity index (χ1) is 4.70. The minimum atomic E-state index is 0.0462. The van der Waals surface area contributed by atoms with Crippen LogP contribution in [0.5, 0.6) is 0 Å². The van der Waals surface area contributed by atoms with Crippen LogP contribution >= 0.6 is 0 Å². The summed E-state index contributed by atoms with van der Waals surface area (Å²) in [4.78, 5) is 0. The lowest BCUT2D eigenvalue weighted by molar-refractivity contribution is -0.149. The van der Waals surface area contributed by atoms with Gasteiger partial charge in [-0.2, -0.15) is 0 Å². The van der Waals surface area contributed by atoms with E-state index in [0.717, 1.165) is 19.3 Å². The van der Waals surface area contributed by atoms with Gasteiger partial charge in [0.05, 0.1) is 5.60 Å². The summed E-state index contributed by atoms with van der Waals surface area (Å²) in [5.41, 5.74) is 0.0840. The molecule has 1 saturated heterocycles. The summed E-state index contributed by atoms with van der Waals surface area (Å²) in [7, 11) is 1.70. The monoisotopic (exact) mass is 144 g/mol. The van der Waals surface area contributed by atoms with Gasteiger partial charge in [0.25, 0.3) is 0 Å². The maximum absolute atomic E-state index is 5.62. The quantitative estimate of drug-likeness (QED) is 0.589. The van der Waals surface area contributed by atoms with Crippen molar-refractivity contribution in [2.24, 2.45) is 0 Å². The lowest BCUT2D eigenvalue weighted by Crippen LogP contribution is -2.24. The van der Waals surface area contributed by atoms with Crippen molar-refractivity contribution in [3.05, 3.63) is 0 Å². The molecule has 0 aromatic rings. The van der Waals surface area contributed by atoms with Crippen LogP contribution in [0.4, 0.5) is 0 Å². The topological polar surface area (TPSA) is 18.5 Å². The van der Waals surface area contributed by atoms with Crippen molar-refractivity contribution in [3.63, 3.8) is 0 Å². The summed E-state index contributed by atoms with van der Waals surface area (Å²) >= 11 is 0. The van der Waals surface area contributed by atoms with E-state index in [-0.39, 0.29) is 11.9 Å². The molecule has 0 aromatic heterocycles. The lowest BCUT2D eigenvalue weighted by atomic mass is 10.0. The van der Waals surface area contributed by atoms with Crippen molar-refractivity contribution >= 4 is 0 Å². The third kappa shape index (κ3) is 1.50. The van der Waals surface area contributed by atoms with E-state index in [1.54, 1.807) is 7.11 Å². The van der Waals surface area contributed by atoms with Crippen LogP contribution in [-0.4, -0.2) is 19.0 Å². The molecule has 1 rings (SSSR count). The van der Waals surface area contributed by atoms with Crippen LogP contribution in [-0.2, 0) is 9.47 Å². The Balaban J connectivity index is 2.41. The SMILES string of the molecule is CCC1(C)CCC(OC)O1. The Morgan fingerprint density at radius 3 is 2.70 bits per heavy atom. The Morgan fingerprint density at radius 1 is 1.70 bits per heavy atom. The minimum Gasteiger partial charge on any atom is -0.356 e. The molecule has 0 N–H and O–H groups in total. The predicted octanol–water partition coefficient (Wildman–Crippen LogP) is 1.94. The molecule has 2 atom stereocenters. The highest BCUT2D eigenvalue weighted by molar-refractivity contribution is 4.80. The molecule has 2 heteroatoms. The molecule has 10 heavy (non-hydrogen) atoms. The first kappa shape index (κ1) is 8.02. The van der Waals surface area contributed by atoms with Crippen molar-refractivity contribution in [1.82, 2.24) is 0 Å². The zero-order chi connectivity index (χ0) is 7.61. The van der Waals surface area contributed by atoms with E-state index < -0.39 is 0 Å². The lowest BCUT2D eigenvalue weighted by Gasteiger charge is -2.21. The molecule has 0 aliphatic carbocycles. The van der Waals surface area contributed by atoms with Gasteiger partial charge in [0.2, 0.25) is 0 Å². The Kier molecular flexibility index (Phi) is 2.32. The molecule has 0 saturated carbocycles. The zero-order valence-corrected chi connectivity index (χ0v) is 7.02. The molecular formula is C8H16O2. The highest BCUT2D eigenvalue weighted by Crippen LogP contribution is 2.32. The van der Waals surface area contributed by atoms with Crippen molar-refractivity contribution in [2.45, 2.75) is 45.0 Å². The summed E-state index contributed by atoms with van der Waals surface area (Å²) in [5, 5.41) is 0. The predicted molar refractivity (Wildman–Crippen MR) is 39.8 cm³/mol. The average molecular weight is 144 g/mol. The first-order valence-electron chi connectivity index (χ1n) is 3.91. The molecule has 1 aliphatic heterocycles. The van der Waals surface area contributed by atoms with E-state index >= 15 is 0 Å². The fourth-order valence-electron chi connectivity index (χ4n) is 1.28. The number of hydrogen-bond acceptors (Lipinski definition) is 2. The second-order valence-electron chi connectivity index (χ2n) is 3.13. The Hall–Kier alpha value is -0.0800. The minimum absolute atomic E-state index is 0.0462. The number of hydrogen-bond donors (Lipinski definition) is 0. The second-order valence-corrected chi connectivity index (χ2v) is 3.13. The molecule has 1 aliphatic rings. The van der Waals surface area contributed by atoms with Gasteiger partial charge in [-0.25, -0.2) is 0 Å². The normalized spacial score (nSPS) is 40.5. The standard InChI is InChI=1S/C8H16O2/c1-4-8(2)6-5-7(9-3)10-8/h7H,4-6H2,1-3H3. The van der Waals surface area contributed by atoms with Gasteiger partial charge in [-0.15, -0.1) is 0 Å². The zero-order valence-electron chi connectivity index (χ0n) is 7.02. The molecule has 1 heterocycles. The molecule has 0 aromatic carbocycles. The van der Waals surface area contributed by atoms with Crippen LogP contribution in [0.25, 0.3) is 0 Å². The van der Waals surface area contributed by atoms with Crippen molar-refractivity contribution in [2.75, 3.05) is 7.11 Å². The van der Waals surface area contributed by atoms with Crippen LogP contribution in [0.1, 0.15) is 33.1 Å². The van der Waals surface area contributed by atoms with Gasteiger partial charge in [0.15, 0.2) is 6.29 Å². The number of rotatable bonds is 2. The van der Waals surface area contributed by atoms with Crippen molar-refractivity contribution < 1.29 is 9.47 Å². The van der Waals surface area contributed by atoms with Gasteiger partial charge in [-0.05, 0) is 19.8 Å². The first-order valence-corrected chi connectivity index (χ1v) is 3.91. The fourth-order valence-corrected chi connectivity index (χ4v) is 1.28. The van der Waals surface area contributed by atoms with Crippen LogP contribution < -0.4 is 0 Å². The van der Waals surface area contributed by atoms with Crippen molar-refractivity contribution in [1.29, 1.82) is 0 Å². The van der Waals surface area contributed by atoms with E-state index in [1.807, 2.05) is 0 Å². The second kappa shape index (κ2) is 2.89. The van der Waals surface area contributed by atoms with Crippen LogP contribution in [0.15, 0.2) is 0 Å². The highest BCUT2D eigenvalue weighted by Gasteiger charge is 2.34. The summed E-state index contributed by atoms with van der Waals surface area (Å²) in [6, 6.07) is 0. The fraction of sp³-hybridized carbons (Fsp3) is 1.00. The number of ether oxygens (including phenoxy) is 2.